The van der Waals surface area contributed by atoms with Crippen LogP contribution in [0.4, 0.5) is 0 Å². The van der Waals surface area contributed by atoms with Gasteiger partial charge in [-0.15, -0.1) is 0 Å². The van der Waals surface area contributed by atoms with Crippen molar-refractivity contribution >= 4 is 33.4 Å². The maximum Gasteiger partial charge on any atom is 0.242 e. The molecule has 2 aromatic carbocycles. The van der Waals surface area contributed by atoms with Crippen molar-refractivity contribution in [3.8, 4) is 0 Å². The van der Waals surface area contributed by atoms with Crippen LogP contribution in [-0.2, 0) is 17.9 Å². The summed E-state index contributed by atoms with van der Waals surface area (Å²) in [6.07, 6.45) is 4.08. The van der Waals surface area contributed by atoms with Crippen molar-refractivity contribution in [2.75, 3.05) is 26.2 Å². The second-order valence-corrected chi connectivity index (χ2v) is 8.80. The van der Waals surface area contributed by atoms with Gasteiger partial charge in [-0.3, -0.25) is 14.5 Å². The molecule has 1 fully saturated rings. The molecule has 7 heteroatoms. The van der Waals surface area contributed by atoms with Crippen LogP contribution in [0.2, 0.25) is 0 Å². The molecular formula is C27H25N5O2. The number of amides is 1. The van der Waals surface area contributed by atoms with Crippen molar-refractivity contribution in [1.29, 1.82) is 0 Å². The standard InChI is InChI=1S/C27H25N5O2/c33-26(19-32-23-9-3-1-7-21(23)27(34)22-8-2-4-10-24(22)32)30-15-13-29(14-16-30)17-20-18-31-12-6-5-11-25(31)28-20/h1-12,18H,13-17,19H2. The summed E-state index contributed by atoms with van der Waals surface area (Å²) in [6, 6.07) is 21.1. The van der Waals surface area contributed by atoms with Crippen LogP contribution in [0.5, 0.6) is 0 Å². The highest BCUT2D eigenvalue weighted by molar-refractivity contribution is 5.94. The zero-order valence-corrected chi connectivity index (χ0v) is 18.8. The third kappa shape index (κ3) is 3.64. The minimum atomic E-state index is 0.00968. The van der Waals surface area contributed by atoms with E-state index in [0.29, 0.717) is 23.9 Å². The fourth-order valence-corrected chi connectivity index (χ4v) is 4.93. The monoisotopic (exact) mass is 451 g/mol. The largest absolute Gasteiger partial charge is 0.339 e. The van der Waals surface area contributed by atoms with Gasteiger partial charge in [-0.25, -0.2) is 4.98 Å². The van der Waals surface area contributed by atoms with Crippen LogP contribution in [0.1, 0.15) is 5.69 Å². The molecule has 34 heavy (non-hydrogen) atoms. The number of para-hydroxylation sites is 2. The van der Waals surface area contributed by atoms with Crippen molar-refractivity contribution < 1.29 is 4.79 Å². The van der Waals surface area contributed by atoms with Gasteiger partial charge in [0.25, 0.3) is 0 Å². The average molecular weight is 452 g/mol. The molecular weight excluding hydrogens is 426 g/mol. The van der Waals surface area contributed by atoms with Crippen molar-refractivity contribution in [3.05, 3.63) is 95.0 Å². The van der Waals surface area contributed by atoms with E-state index in [2.05, 4.69) is 11.1 Å². The van der Waals surface area contributed by atoms with Gasteiger partial charge < -0.3 is 13.9 Å². The quantitative estimate of drug-likeness (QED) is 0.394. The van der Waals surface area contributed by atoms with Gasteiger partial charge in [0.2, 0.25) is 5.91 Å². The number of hydrogen-bond acceptors (Lipinski definition) is 4. The van der Waals surface area contributed by atoms with E-state index >= 15 is 0 Å². The minimum absolute atomic E-state index is 0.00968. The average Bonchev–Trinajstić information content (AvgIpc) is 3.29. The zero-order valence-electron chi connectivity index (χ0n) is 18.8. The van der Waals surface area contributed by atoms with Crippen molar-refractivity contribution in [3.63, 3.8) is 0 Å². The molecule has 1 saturated heterocycles. The summed E-state index contributed by atoms with van der Waals surface area (Å²) in [4.78, 5) is 35.2. The Bertz CT molecular complexity index is 1480. The maximum atomic E-state index is 13.3. The lowest BCUT2D eigenvalue weighted by atomic mass is 10.1. The van der Waals surface area contributed by atoms with Crippen LogP contribution >= 0.6 is 0 Å². The van der Waals surface area contributed by atoms with E-state index in [1.807, 2.05) is 86.8 Å². The van der Waals surface area contributed by atoms with E-state index in [9.17, 15) is 9.59 Å². The van der Waals surface area contributed by atoms with E-state index in [1.54, 1.807) is 0 Å². The lowest BCUT2D eigenvalue weighted by Crippen LogP contribution is -2.49. The summed E-state index contributed by atoms with van der Waals surface area (Å²) in [7, 11) is 0. The molecule has 0 unspecified atom stereocenters. The molecule has 6 rings (SSSR count). The number of benzene rings is 2. The van der Waals surface area contributed by atoms with E-state index in [1.165, 1.54) is 0 Å². The Balaban J connectivity index is 1.19. The Morgan fingerprint density at radius 2 is 1.47 bits per heavy atom. The molecule has 1 aliphatic heterocycles. The van der Waals surface area contributed by atoms with Crippen LogP contribution < -0.4 is 5.43 Å². The molecule has 170 valence electrons. The SMILES string of the molecule is O=C(Cn1c2ccccc2c(=O)c2ccccc21)N1CCN(Cc2cn3ccccc3n2)CC1. The molecule has 1 amide bonds. The van der Waals surface area contributed by atoms with Crippen LogP contribution in [0, 0.1) is 0 Å². The molecule has 0 spiro atoms. The van der Waals surface area contributed by atoms with Crippen molar-refractivity contribution in [1.82, 2.24) is 23.8 Å². The molecule has 0 atom stereocenters. The third-order valence-corrected chi connectivity index (χ3v) is 6.70. The molecule has 0 aliphatic carbocycles. The minimum Gasteiger partial charge on any atom is -0.339 e. The second-order valence-electron chi connectivity index (χ2n) is 8.80. The van der Waals surface area contributed by atoms with Gasteiger partial charge in [0.05, 0.1) is 16.7 Å². The van der Waals surface area contributed by atoms with Gasteiger partial charge in [0.15, 0.2) is 5.43 Å². The van der Waals surface area contributed by atoms with Gasteiger partial charge in [-0.2, -0.15) is 0 Å². The smallest absolute Gasteiger partial charge is 0.242 e. The van der Waals surface area contributed by atoms with E-state index in [-0.39, 0.29) is 17.9 Å². The topological polar surface area (TPSA) is 62.9 Å². The summed E-state index contributed by atoms with van der Waals surface area (Å²) in [5.41, 5.74) is 3.59. The summed E-state index contributed by atoms with van der Waals surface area (Å²) >= 11 is 0. The summed E-state index contributed by atoms with van der Waals surface area (Å²) in [5, 5.41) is 1.29. The number of rotatable bonds is 4. The lowest BCUT2D eigenvalue weighted by Gasteiger charge is -2.34. The zero-order chi connectivity index (χ0) is 23.1. The van der Waals surface area contributed by atoms with Gasteiger partial charge >= 0.3 is 0 Å². The highest BCUT2D eigenvalue weighted by Gasteiger charge is 2.23. The summed E-state index contributed by atoms with van der Waals surface area (Å²) in [6.45, 7) is 3.98. The number of aromatic nitrogens is 3. The molecule has 0 saturated carbocycles. The molecule has 4 heterocycles. The Hall–Kier alpha value is -3.97. The van der Waals surface area contributed by atoms with E-state index < -0.39 is 0 Å². The normalized spacial score (nSPS) is 14.9. The first kappa shape index (κ1) is 20.6. The summed E-state index contributed by atoms with van der Waals surface area (Å²) < 4.78 is 4.02. The fourth-order valence-electron chi connectivity index (χ4n) is 4.93. The van der Waals surface area contributed by atoms with Crippen LogP contribution in [0.3, 0.4) is 0 Å². The molecule has 3 aromatic heterocycles. The number of imidazole rings is 1. The van der Waals surface area contributed by atoms with E-state index in [0.717, 1.165) is 42.0 Å². The Kier molecular flexibility index (Phi) is 5.11. The molecule has 5 aromatic rings. The third-order valence-electron chi connectivity index (χ3n) is 6.70. The highest BCUT2D eigenvalue weighted by atomic mass is 16.2. The fraction of sp³-hybridized carbons (Fsp3) is 0.222. The lowest BCUT2D eigenvalue weighted by molar-refractivity contribution is -0.133. The number of carbonyl (C=O) groups is 1. The number of nitrogens with zero attached hydrogens (tertiary/aromatic N) is 5. The van der Waals surface area contributed by atoms with Gasteiger partial charge in [0, 0.05) is 55.9 Å². The highest BCUT2D eigenvalue weighted by Crippen LogP contribution is 2.20. The number of carbonyl (C=O) groups excluding carboxylic acids is 1. The number of fused-ring (bicyclic) bond motifs is 3. The predicted molar refractivity (Wildman–Crippen MR) is 133 cm³/mol. The van der Waals surface area contributed by atoms with Gasteiger partial charge in [-0.05, 0) is 36.4 Å². The predicted octanol–water partition coefficient (Wildman–Crippen LogP) is 3.15. The van der Waals surface area contributed by atoms with Crippen molar-refractivity contribution in [2.45, 2.75) is 13.1 Å². The molecule has 7 nitrogen and oxygen atoms in total. The number of piperazine rings is 1. The van der Waals surface area contributed by atoms with Crippen LogP contribution in [0.15, 0.2) is 83.9 Å². The maximum absolute atomic E-state index is 13.3. The van der Waals surface area contributed by atoms with E-state index in [4.69, 9.17) is 4.98 Å². The summed E-state index contributed by atoms with van der Waals surface area (Å²) in [5.74, 6) is 0.0753. The second kappa shape index (κ2) is 8.43. The van der Waals surface area contributed by atoms with Gasteiger partial charge in [-0.1, -0.05) is 30.3 Å². The van der Waals surface area contributed by atoms with Gasteiger partial charge in [0.1, 0.15) is 12.2 Å². The Morgan fingerprint density at radius 1 is 0.824 bits per heavy atom. The number of pyridine rings is 2. The van der Waals surface area contributed by atoms with Crippen LogP contribution in [0.25, 0.3) is 27.5 Å². The Morgan fingerprint density at radius 3 is 2.15 bits per heavy atom. The molecule has 0 N–H and O–H groups in total. The van der Waals surface area contributed by atoms with Crippen LogP contribution in [-0.4, -0.2) is 55.8 Å². The Labute approximate surface area is 196 Å². The molecule has 0 radical (unpaired) electrons. The number of hydrogen-bond donors (Lipinski definition) is 0. The first-order valence-corrected chi connectivity index (χ1v) is 11.6. The first-order valence-electron chi connectivity index (χ1n) is 11.6. The first-order chi connectivity index (χ1) is 16.7. The van der Waals surface area contributed by atoms with Crippen molar-refractivity contribution in [2.24, 2.45) is 0 Å². The molecule has 0 bridgehead atoms. The molecule has 1 aliphatic rings.